The van der Waals surface area contributed by atoms with Crippen LogP contribution < -0.4 is 5.32 Å². The highest BCUT2D eigenvalue weighted by atomic mass is 35.5. The van der Waals surface area contributed by atoms with Crippen molar-refractivity contribution in [2.45, 2.75) is 38.9 Å². The zero-order valence-corrected chi connectivity index (χ0v) is 18.7. The molecule has 0 radical (unpaired) electrons. The van der Waals surface area contributed by atoms with Crippen molar-refractivity contribution in [3.05, 3.63) is 76.5 Å². The lowest BCUT2D eigenvalue weighted by Gasteiger charge is -2.19. The summed E-state index contributed by atoms with van der Waals surface area (Å²) < 4.78 is 43.2. The van der Waals surface area contributed by atoms with E-state index >= 15 is 0 Å². The van der Waals surface area contributed by atoms with E-state index in [0.717, 1.165) is 11.6 Å². The number of carbonyl (C=O) groups is 1. The molecule has 0 fully saturated rings. The van der Waals surface area contributed by atoms with Crippen LogP contribution in [0.4, 0.5) is 18.9 Å². The van der Waals surface area contributed by atoms with E-state index in [-0.39, 0.29) is 17.0 Å². The van der Waals surface area contributed by atoms with Gasteiger partial charge < -0.3 is 5.32 Å². The standard InChI is InChI=1S/C22H20ClF3N6O/c1-21(2,3)17-9-18(22(24,25)26)32-19(29-17)8-16(30-32)20(33)28-14-10-27-31(12-14)11-13-6-4-5-7-15(13)23/h4-10,12H,11H2,1-3H3,(H,28,33). The van der Waals surface area contributed by atoms with Crippen molar-refractivity contribution in [2.24, 2.45) is 0 Å². The molecule has 0 aliphatic rings. The first-order valence-corrected chi connectivity index (χ1v) is 10.4. The molecule has 4 aromatic rings. The summed E-state index contributed by atoms with van der Waals surface area (Å²) in [6, 6.07) is 9.48. The normalized spacial score (nSPS) is 12.3. The number of rotatable bonds is 4. The van der Waals surface area contributed by atoms with Gasteiger partial charge in [-0.1, -0.05) is 50.6 Å². The third-order valence-corrected chi connectivity index (χ3v) is 5.27. The quantitative estimate of drug-likeness (QED) is 0.439. The smallest absolute Gasteiger partial charge is 0.318 e. The number of aromatic nitrogens is 5. The monoisotopic (exact) mass is 476 g/mol. The van der Waals surface area contributed by atoms with E-state index in [4.69, 9.17) is 11.6 Å². The number of hydrogen-bond acceptors (Lipinski definition) is 4. The molecule has 0 saturated carbocycles. The van der Waals surface area contributed by atoms with Crippen LogP contribution in [0.2, 0.25) is 5.02 Å². The van der Waals surface area contributed by atoms with Gasteiger partial charge in [0.05, 0.1) is 24.1 Å². The van der Waals surface area contributed by atoms with Gasteiger partial charge in [-0.2, -0.15) is 23.4 Å². The first-order chi connectivity index (χ1) is 15.4. The molecule has 0 atom stereocenters. The number of benzene rings is 1. The van der Waals surface area contributed by atoms with Crippen LogP contribution in [0.25, 0.3) is 5.65 Å². The van der Waals surface area contributed by atoms with E-state index in [1.165, 1.54) is 12.3 Å². The fourth-order valence-corrected chi connectivity index (χ4v) is 3.38. The summed E-state index contributed by atoms with van der Waals surface area (Å²) in [5.41, 5.74) is -0.416. The van der Waals surface area contributed by atoms with Gasteiger partial charge in [0.1, 0.15) is 5.69 Å². The molecule has 0 aliphatic heterocycles. The number of anilines is 1. The maximum atomic E-state index is 13.6. The van der Waals surface area contributed by atoms with E-state index < -0.39 is 23.2 Å². The number of fused-ring (bicyclic) bond motifs is 1. The average Bonchev–Trinajstić information content (AvgIpc) is 3.34. The molecule has 172 valence electrons. The predicted molar refractivity (Wildman–Crippen MR) is 117 cm³/mol. The molecule has 0 spiro atoms. The number of nitrogens with one attached hydrogen (secondary N) is 1. The Morgan fingerprint density at radius 2 is 1.88 bits per heavy atom. The van der Waals surface area contributed by atoms with Gasteiger partial charge in [0.2, 0.25) is 0 Å². The average molecular weight is 477 g/mol. The minimum Gasteiger partial charge on any atom is -0.318 e. The number of nitrogens with zero attached hydrogens (tertiary/aromatic N) is 5. The summed E-state index contributed by atoms with van der Waals surface area (Å²) in [6.45, 7) is 5.67. The fraction of sp³-hybridized carbons (Fsp3) is 0.273. The van der Waals surface area contributed by atoms with E-state index in [1.807, 2.05) is 18.2 Å². The Labute approximate surface area is 192 Å². The molecular weight excluding hydrogens is 457 g/mol. The molecule has 0 aliphatic carbocycles. The lowest BCUT2D eigenvalue weighted by atomic mass is 9.91. The highest BCUT2D eigenvalue weighted by Crippen LogP contribution is 2.32. The topological polar surface area (TPSA) is 77.1 Å². The van der Waals surface area contributed by atoms with Crippen LogP contribution in [0.15, 0.2) is 48.8 Å². The van der Waals surface area contributed by atoms with Crippen LogP contribution in [-0.4, -0.2) is 30.3 Å². The van der Waals surface area contributed by atoms with Crippen molar-refractivity contribution in [1.82, 2.24) is 24.4 Å². The molecule has 4 rings (SSSR count). The van der Waals surface area contributed by atoms with Gasteiger partial charge in [-0.25, -0.2) is 9.50 Å². The maximum Gasteiger partial charge on any atom is 0.433 e. The molecule has 0 unspecified atom stereocenters. The first kappa shape index (κ1) is 22.8. The molecule has 3 heterocycles. The number of alkyl halides is 3. The predicted octanol–water partition coefficient (Wildman–Crippen LogP) is 5.20. The van der Waals surface area contributed by atoms with E-state index in [1.54, 1.807) is 37.7 Å². The Hall–Kier alpha value is -3.40. The Morgan fingerprint density at radius 3 is 2.55 bits per heavy atom. The SMILES string of the molecule is CC(C)(C)c1cc(C(F)(F)F)n2nc(C(=O)Nc3cnn(Cc4ccccc4Cl)c3)cc2n1. The fourth-order valence-electron chi connectivity index (χ4n) is 3.18. The minimum absolute atomic E-state index is 0.0608. The number of hydrogen-bond donors (Lipinski definition) is 1. The number of carbonyl (C=O) groups excluding carboxylic acids is 1. The summed E-state index contributed by atoms with van der Waals surface area (Å²) in [5.74, 6) is -0.678. The maximum absolute atomic E-state index is 13.6. The third-order valence-electron chi connectivity index (χ3n) is 4.90. The molecule has 0 bridgehead atoms. The van der Waals surface area contributed by atoms with Gasteiger partial charge in [-0.15, -0.1) is 0 Å². The molecule has 33 heavy (non-hydrogen) atoms. The molecule has 1 aromatic carbocycles. The molecule has 7 nitrogen and oxygen atoms in total. The molecule has 3 aromatic heterocycles. The van der Waals surface area contributed by atoms with Crippen LogP contribution in [0.5, 0.6) is 0 Å². The van der Waals surface area contributed by atoms with Gasteiger partial charge in [0, 0.05) is 22.7 Å². The largest absolute Gasteiger partial charge is 0.433 e. The Balaban J connectivity index is 1.60. The molecule has 11 heteroatoms. The zero-order chi connectivity index (χ0) is 24.0. The van der Waals surface area contributed by atoms with Gasteiger partial charge >= 0.3 is 6.18 Å². The lowest BCUT2D eigenvalue weighted by Crippen LogP contribution is -2.20. The first-order valence-electron chi connectivity index (χ1n) is 9.97. The van der Waals surface area contributed by atoms with Crippen LogP contribution in [0.3, 0.4) is 0 Å². The number of amides is 1. The van der Waals surface area contributed by atoms with Gasteiger partial charge in [0.25, 0.3) is 5.91 Å². The van der Waals surface area contributed by atoms with Crippen molar-refractivity contribution in [3.8, 4) is 0 Å². The Kier molecular flexibility index (Phi) is 5.65. The van der Waals surface area contributed by atoms with Gasteiger partial charge in [-0.3, -0.25) is 9.48 Å². The Bertz CT molecular complexity index is 1340. The van der Waals surface area contributed by atoms with Crippen molar-refractivity contribution in [3.63, 3.8) is 0 Å². The van der Waals surface area contributed by atoms with Crippen molar-refractivity contribution in [1.29, 1.82) is 0 Å². The van der Waals surface area contributed by atoms with E-state index in [2.05, 4.69) is 20.5 Å². The molecular formula is C22H20ClF3N6O. The van der Waals surface area contributed by atoms with E-state index in [9.17, 15) is 18.0 Å². The Morgan fingerprint density at radius 1 is 1.15 bits per heavy atom. The van der Waals surface area contributed by atoms with Gasteiger partial charge in [0.15, 0.2) is 11.3 Å². The summed E-state index contributed by atoms with van der Waals surface area (Å²) in [6.07, 6.45) is -1.64. The second-order valence-electron chi connectivity index (χ2n) is 8.55. The highest BCUT2D eigenvalue weighted by Gasteiger charge is 2.36. The van der Waals surface area contributed by atoms with Crippen LogP contribution in [0.1, 0.15) is 48.2 Å². The van der Waals surface area contributed by atoms with Gasteiger partial charge in [-0.05, 0) is 17.7 Å². The van der Waals surface area contributed by atoms with Crippen LogP contribution >= 0.6 is 11.6 Å². The summed E-state index contributed by atoms with van der Waals surface area (Å²) in [4.78, 5) is 17.0. The third kappa shape index (κ3) is 4.85. The summed E-state index contributed by atoms with van der Waals surface area (Å²) in [5, 5.41) is 11.2. The highest BCUT2D eigenvalue weighted by molar-refractivity contribution is 6.31. The number of halogens is 4. The second-order valence-corrected chi connectivity index (χ2v) is 8.95. The van der Waals surface area contributed by atoms with Crippen LogP contribution in [-0.2, 0) is 18.1 Å². The minimum atomic E-state index is -4.67. The molecule has 0 saturated heterocycles. The van der Waals surface area contributed by atoms with E-state index in [0.29, 0.717) is 21.8 Å². The molecule has 1 amide bonds. The lowest BCUT2D eigenvalue weighted by molar-refractivity contribution is -0.142. The van der Waals surface area contributed by atoms with Crippen LogP contribution in [0, 0.1) is 0 Å². The summed E-state index contributed by atoms with van der Waals surface area (Å²) >= 11 is 6.16. The molecule has 1 N–H and O–H groups in total. The second kappa shape index (κ2) is 8.18. The van der Waals surface area contributed by atoms with Crippen molar-refractivity contribution >= 4 is 28.8 Å². The van der Waals surface area contributed by atoms with Crippen molar-refractivity contribution < 1.29 is 18.0 Å². The van der Waals surface area contributed by atoms with Crippen molar-refractivity contribution in [2.75, 3.05) is 5.32 Å². The zero-order valence-electron chi connectivity index (χ0n) is 18.0. The summed E-state index contributed by atoms with van der Waals surface area (Å²) in [7, 11) is 0.